The van der Waals surface area contributed by atoms with Crippen molar-refractivity contribution < 1.29 is 27.4 Å². The number of hydrogen-bond donors (Lipinski definition) is 2. The Hall–Kier alpha value is -1.42. The summed E-state index contributed by atoms with van der Waals surface area (Å²) in [5.41, 5.74) is 0.0962. The summed E-state index contributed by atoms with van der Waals surface area (Å²) in [6.07, 6.45) is 3.39. The molecule has 1 aromatic heterocycles. The molecule has 1 fully saturated rings. The summed E-state index contributed by atoms with van der Waals surface area (Å²) in [6.45, 7) is 0.417. The molecule has 0 amide bonds. The summed E-state index contributed by atoms with van der Waals surface area (Å²) in [6, 6.07) is 1.26. The second-order valence-electron chi connectivity index (χ2n) is 5.29. The van der Waals surface area contributed by atoms with E-state index in [0.29, 0.717) is 0 Å². The van der Waals surface area contributed by atoms with E-state index in [1.165, 1.54) is 19.4 Å². The molecule has 1 aromatic rings. The Kier molecular flexibility index (Phi) is 6.17. The number of rotatable bonds is 8. The lowest BCUT2D eigenvalue weighted by atomic mass is 10.2. The first-order valence-corrected chi connectivity index (χ1v) is 8.87. The molecule has 0 spiro atoms. The van der Waals surface area contributed by atoms with E-state index in [1.54, 1.807) is 7.11 Å². The summed E-state index contributed by atoms with van der Waals surface area (Å²) in [5, 5.41) is 0. The highest BCUT2D eigenvalue weighted by atomic mass is 32.2. The third-order valence-corrected chi connectivity index (χ3v) is 5.18. The number of H-pyrrole nitrogens is 1. The monoisotopic (exact) mass is 346 g/mol. The Balaban J connectivity index is 1.99. The number of aromatic amines is 1. The van der Waals surface area contributed by atoms with Gasteiger partial charge >= 0.3 is 5.97 Å². The number of nitrogens with one attached hydrogen (secondary N) is 2. The Labute approximate surface area is 135 Å². The van der Waals surface area contributed by atoms with Gasteiger partial charge in [-0.15, -0.1) is 0 Å². The standard InChI is InChI=1S/C14H22N2O6S/c1-20-7-6-16-23(18,19)10-8-11(15-9-10)14(17)22-13-5-3-4-12(13)21-2/h8-9,12-13,15-16H,3-7H2,1-2H3. The molecule has 2 rings (SSSR count). The minimum atomic E-state index is -3.68. The topological polar surface area (TPSA) is 107 Å². The maximum absolute atomic E-state index is 12.1. The van der Waals surface area contributed by atoms with Crippen molar-refractivity contribution >= 4 is 16.0 Å². The predicted molar refractivity (Wildman–Crippen MR) is 81.7 cm³/mol. The number of ether oxygens (including phenoxy) is 3. The molecule has 9 heteroatoms. The van der Waals surface area contributed by atoms with Crippen LogP contribution in [0.4, 0.5) is 0 Å². The van der Waals surface area contributed by atoms with Crippen LogP contribution in [-0.4, -0.2) is 59.0 Å². The van der Waals surface area contributed by atoms with Gasteiger partial charge in [0.25, 0.3) is 0 Å². The van der Waals surface area contributed by atoms with Crippen molar-refractivity contribution in [1.82, 2.24) is 9.71 Å². The average molecular weight is 346 g/mol. The summed E-state index contributed by atoms with van der Waals surface area (Å²) in [4.78, 5) is 14.7. The molecule has 23 heavy (non-hydrogen) atoms. The molecule has 2 N–H and O–H groups in total. The Morgan fingerprint density at radius 2 is 2.09 bits per heavy atom. The first-order valence-electron chi connectivity index (χ1n) is 7.38. The molecule has 0 saturated heterocycles. The first-order chi connectivity index (χ1) is 11.0. The summed E-state index contributed by atoms with van der Waals surface area (Å²) < 4.78 is 41.9. The van der Waals surface area contributed by atoms with Crippen LogP contribution in [0.5, 0.6) is 0 Å². The average Bonchev–Trinajstić information content (AvgIpc) is 3.16. The maximum atomic E-state index is 12.1. The van der Waals surface area contributed by atoms with Gasteiger partial charge in [-0.25, -0.2) is 17.9 Å². The molecule has 8 nitrogen and oxygen atoms in total. The molecule has 1 saturated carbocycles. The lowest BCUT2D eigenvalue weighted by Crippen LogP contribution is -2.28. The van der Waals surface area contributed by atoms with Gasteiger partial charge in [-0.1, -0.05) is 0 Å². The minimum Gasteiger partial charge on any atom is -0.455 e. The van der Waals surface area contributed by atoms with Gasteiger partial charge in [-0.3, -0.25) is 0 Å². The molecule has 0 aliphatic heterocycles. The highest BCUT2D eigenvalue weighted by Gasteiger charge is 2.31. The van der Waals surface area contributed by atoms with E-state index in [-0.39, 0.29) is 35.9 Å². The van der Waals surface area contributed by atoms with Gasteiger partial charge in [0, 0.05) is 27.0 Å². The molecular weight excluding hydrogens is 324 g/mol. The van der Waals surface area contributed by atoms with Crippen LogP contribution in [0.2, 0.25) is 0 Å². The van der Waals surface area contributed by atoms with E-state index >= 15 is 0 Å². The van der Waals surface area contributed by atoms with Gasteiger partial charge in [0.2, 0.25) is 10.0 Å². The molecule has 1 aliphatic carbocycles. The second kappa shape index (κ2) is 7.91. The van der Waals surface area contributed by atoms with Gasteiger partial charge in [-0.05, 0) is 25.3 Å². The molecule has 1 aliphatic rings. The molecule has 0 radical (unpaired) electrons. The minimum absolute atomic E-state index is 0.0183. The number of sulfonamides is 1. The lowest BCUT2D eigenvalue weighted by Gasteiger charge is -2.18. The number of esters is 1. The highest BCUT2D eigenvalue weighted by Crippen LogP contribution is 2.25. The van der Waals surface area contributed by atoms with Crippen molar-refractivity contribution in [2.24, 2.45) is 0 Å². The van der Waals surface area contributed by atoms with E-state index in [4.69, 9.17) is 14.2 Å². The number of hydrogen-bond acceptors (Lipinski definition) is 6. The zero-order valence-corrected chi connectivity index (χ0v) is 14.0. The number of carbonyl (C=O) groups is 1. The third kappa shape index (κ3) is 4.54. The zero-order chi connectivity index (χ0) is 16.9. The van der Waals surface area contributed by atoms with Crippen molar-refractivity contribution in [1.29, 1.82) is 0 Å². The molecule has 2 atom stereocenters. The maximum Gasteiger partial charge on any atom is 0.355 e. The van der Waals surface area contributed by atoms with Crippen molar-refractivity contribution in [2.75, 3.05) is 27.4 Å². The summed E-state index contributed by atoms with van der Waals surface area (Å²) in [5.74, 6) is -0.586. The van der Waals surface area contributed by atoms with Crippen LogP contribution in [0, 0.1) is 0 Å². The van der Waals surface area contributed by atoms with Gasteiger partial charge in [0.15, 0.2) is 0 Å². The Morgan fingerprint density at radius 1 is 1.35 bits per heavy atom. The van der Waals surface area contributed by atoms with Crippen LogP contribution < -0.4 is 4.72 Å². The van der Waals surface area contributed by atoms with Gasteiger partial charge in [-0.2, -0.15) is 0 Å². The Bertz CT molecular complexity index is 627. The molecule has 2 unspecified atom stereocenters. The molecular formula is C14H22N2O6S. The SMILES string of the molecule is COCCNS(=O)(=O)c1c[nH]c(C(=O)OC2CCCC2OC)c1. The Morgan fingerprint density at radius 3 is 2.78 bits per heavy atom. The first kappa shape index (κ1) is 17.9. The highest BCUT2D eigenvalue weighted by molar-refractivity contribution is 7.89. The fraction of sp³-hybridized carbons (Fsp3) is 0.643. The summed E-state index contributed by atoms with van der Waals surface area (Å²) >= 11 is 0. The van der Waals surface area contributed by atoms with E-state index in [1.807, 2.05) is 0 Å². The van der Waals surface area contributed by atoms with Crippen molar-refractivity contribution in [3.63, 3.8) is 0 Å². The van der Waals surface area contributed by atoms with Crippen LogP contribution in [0.25, 0.3) is 0 Å². The quantitative estimate of drug-likeness (QED) is 0.529. The zero-order valence-electron chi connectivity index (χ0n) is 13.2. The van der Waals surface area contributed by atoms with Crippen LogP contribution >= 0.6 is 0 Å². The largest absolute Gasteiger partial charge is 0.455 e. The van der Waals surface area contributed by atoms with Crippen LogP contribution in [0.1, 0.15) is 29.8 Å². The lowest BCUT2D eigenvalue weighted by molar-refractivity contribution is -0.0210. The number of methoxy groups -OCH3 is 2. The van der Waals surface area contributed by atoms with Gasteiger partial charge in [0.05, 0.1) is 12.7 Å². The van der Waals surface area contributed by atoms with E-state index in [0.717, 1.165) is 19.3 Å². The van der Waals surface area contributed by atoms with E-state index in [9.17, 15) is 13.2 Å². The molecule has 0 bridgehead atoms. The van der Waals surface area contributed by atoms with Crippen LogP contribution in [0.15, 0.2) is 17.2 Å². The predicted octanol–water partition coefficient (Wildman–Crippen LogP) is 0.664. The number of carbonyl (C=O) groups excluding carboxylic acids is 1. The molecule has 0 aromatic carbocycles. The second-order valence-corrected chi connectivity index (χ2v) is 7.06. The van der Waals surface area contributed by atoms with Crippen LogP contribution in [0.3, 0.4) is 0 Å². The van der Waals surface area contributed by atoms with Crippen molar-refractivity contribution in [3.8, 4) is 0 Å². The normalized spacial score (nSPS) is 21.5. The van der Waals surface area contributed by atoms with E-state index < -0.39 is 16.0 Å². The van der Waals surface area contributed by atoms with E-state index in [2.05, 4.69) is 9.71 Å². The summed E-state index contributed by atoms with van der Waals surface area (Å²) in [7, 11) is -0.615. The smallest absolute Gasteiger partial charge is 0.355 e. The van der Waals surface area contributed by atoms with Crippen molar-refractivity contribution in [3.05, 3.63) is 18.0 Å². The number of aromatic nitrogens is 1. The van der Waals surface area contributed by atoms with Crippen molar-refractivity contribution in [2.45, 2.75) is 36.4 Å². The molecule has 130 valence electrons. The fourth-order valence-electron chi connectivity index (χ4n) is 2.51. The molecule has 1 heterocycles. The van der Waals surface area contributed by atoms with Gasteiger partial charge < -0.3 is 19.2 Å². The third-order valence-electron chi connectivity index (χ3n) is 3.74. The van der Waals surface area contributed by atoms with Gasteiger partial charge in [0.1, 0.15) is 16.7 Å². The van der Waals surface area contributed by atoms with Crippen LogP contribution in [-0.2, 0) is 24.2 Å². The fourth-order valence-corrected chi connectivity index (χ4v) is 3.51.